The van der Waals surface area contributed by atoms with Crippen molar-refractivity contribution in [2.75, 3.05) is 20.6 Å². The van der Waals surface area contributed by atoms with Gasteiger partial charge in [0.1, 0.15) is 5.83 Å². The lowest BCUT2D eigenvalue weighted by atomic mass is 10.0. The van der Waals surface area contributed by atoms with Gasteiger partial charge in [-0.15, -0.1) is 0 Å². The van der Waals surface area contributed by atoms with Crippen LogP contribution >= 0.6 is 0 Å². The second-order valence-electron chi connectivity index (χ2n) is 5.96. The van der Waals surface area contributed by atoms with Crippen LogP contribution in [-0.4, -0.2) is 43.1 Å². The first-order valence-electron chi connectivity index (χ1n) is 7.89. The van der Waals surface area contributed by atoms with Crippen molar-refractivity contribution >= 4 is 10.0 Å². The number of quaternary nitrogens is 1. The van der Waals surface area contributed by atoms with E-state index < -0.39 is 10.0 Å². The maximum absolute atomic E-state index is 13.8. The largest absolute Gasteiger partial charge is 0.354 e. The Kier molecular flexibility index (Phi) is 5.76. The van der Waals surface area contributed by atoms with E-state index in [4.69, 9.17) is 0 Å². The maximum atomic E-state index is 13.8. The Labute approximate surface area is 147 Å². The van der Waals surface area contributed by atoms with E-state index in [0.717, 1.165) is 22.5 Å². The Hall–Kier alpha value is -2.03. The lowest BCUT2D eigenvalue weighted by Crippen LogP contribution is -2.49. The van der Waals surface area contributed by atoms with Gasteiger partial charge in [0.25, 0.3) is 0 Å². The molecule has 0 radical (unpaired) electrons. The SMILES string of the molecule is Cc1nn(C/C(F)=C/C[NH3+])c(C)c1-c1cccc(S(=O)(=O)N(C)C)c1. The summed E-state index contributed by atoms with van der Waals surface area (Å²) in [4.78, 5) is 0.213. The van der Waals surface area contributed by atoms with Crippen molar-refractivity contribution in [3.8, 4) is 11.1 Å². The van der Waals surface area contributed by atoms with Gasteiger partial charge in [0.15, 0.2) is 0 Å². The fourth-order valence-corrected chi connectivity index (χ4v) is 3.60. The highest BCUT2D eigenvalue weighted by Gasteiger charge is 2.20. The van der Waals surface area contributed by atoms with Gasteiger partial charge in [-0.3, -0.25) is 4.68 Å². The Morgan fingerprint density at radius 1 is 1.36 bits per heavy atom. The summed E-state index contributed by atoms with van der Waals surface area (Å²) in [7, 11) is -0.534. The van der Waals surface area contributed by atoms with Crippen LogP contribution in [0.2, 0.25) is 0 Å². The standard InChI is InChI=1S/C17H23FN4O2S/c1-12-17(13(2)22(20-12)11-15(18)8-9-19)14-6-5-7-16(10-14)25(23,24)21(3)4/h5-8,10H,9,11,19H2,1-4H3/p+1/b15-8-. The number of sulfonamides is 1. The third-order valence-electron chi connectivity index (χ3n) is 3.95. The zero-order chi connectivity index (χ0) is 18.8. The predicted molar refractivity (Wildman–Crippen MR) is 95.0 cm³/mol. The minimum atomic E-state index is -3.52. The van der Waals surface area contributed by atoms with E-state index in [1.165, 1.54) is 24.5 Å². The number of aromatic nitrogens is 2. The van der Waals surface area contributed by atoms with E-state index >= 15 is 0 Å². The molecule has 0 unspecified atom stereocenters. The molecular weight excluding hydrogens is 343 g/mol. The molecule has 0 atom stereocenters. The number of nitrogens with zero attached hydrogens (tertiary/aromatic N) is 3. The number of halogens is 1. The molecule has 6 nitrogen and oxygen atoms in total. The molecule has 0 fully saturated rings. The highest BCUT2D eigenvalue weighted by atomic mass is 32.2. The van der Waals surface area contributed by atoms with E-state index in [-0.39, 0.29) is 17.3 Å². The van der Waals surface area contributed by atoms with Gasteiger partial charge in [-0.2, -0.15) is 5.10 Å². The van der Waals surface area contributed by atoms with Crippen molar-refractivity contribution in [2.45, 2.75) is 25.3 Å². The number of rotatable bonds is 6. The van der Waals surface area contributed by atoms with Crippen molar-refractivity contribution in [3.05, 3.63) is 47.6 Å². The Bertz CT molecular complexity index is 901. The van der Waals surface area contributed by atoms with Crippen LogP contribution in [0.3, 0.4) is 0 Å². The Morgan fingerprint density at radius 3 is 2.64 bits per heavy atom. The van der Waals surface area contributed by atoms with Crippen molar-refractivity contribution in [1.29, 1.82) is 0 Å². The molecule has 25 heavy (non-hydrogen) atoms. The van der Waals surface area contributed by atoms with Crippen LogP contribution in [0.1, 0.15) is 11.4 Å². The average Bonchev–Trinajstić information content (AvgIpc) is 2.81. The molecule has 136 valence electrons. The van der Waals surface area contributed by atoms with Gasteiger partial charge in [0.05, 0.1) is 23.7 Å². The first-order valence-corrected chi connectivity index (χ1v) is 9.33. The highest BCUT2D eigenvalue weighted by Crippen LogP contribution is 2.29. The fourth-order valence-electron chi connectivity index (χ4n) is 2.66. The molecule has 0 spiro atoms. The summed E-state index contributed by atoms with van der Waals surface area (Å²) in [5.41, 5.74) is 6.66. The van der Waals surface area contributed by atoms with E-state index in [1.54, 1.807) is 22.9 Å². The summed E-state index contributed by atoms with van der Waals surface area (Å²) < 4.78 is 41.3. The van der Waals surface area contributed by atoms with Crippen LogP contribution in [0.4, 0.5) is 4.39 Å². The number of benzene rings is 1. The first kappa shape index (κ1) is 19.3. The maximum Gasteiger partial charge on any atom is 0.242 e. The van der Waals surface area contributed by atoms with Crippen LogP contribution in [0, 0.1) is 13.8 Å². The molecule has 8 heteroatoms. The van der Waals surface area contributed by atoms with Gasteiger partial charge in [-0.05, 0) is 31.5 Å². The Morgan fingerprint density at radius 2 is 2.04 bits per heavy atom. The summed E-state index contributed by atoms with van der Waals surface area (Å²) >= 11 is 0. The van der Waals surface area contributed by atoms with Gasteiger partial charge in [0.2, 0.25) is 10.0 Å². The van der Waals surface area contributed by atoms with Crippen LogP contribution in [0.15, 0.2) is 41.1 Å². The van der Waals surface area contributed by atoms with E-state index in [0.29, 0.717) is 6.54 Å². The molecule has 0 aliphatic carbocycles. The quantitative estimate of drug-likeness (QED) is 0.840. The van der Waals surface area contributed by atoms with E-state index in [2.05, 4.69) is 10.8 Å². The molecule has 1 aromatic carbocycles. The van der Waals surface area contributed by atoms with E-state index in [1.807, 2.05) is 19.9 Å². The summed E-state index contributed by atoms with van der Waals surface area (Å²) in [5, 5.41) is 4.39. The molecule has 3 N–H and O–H groups in total. The van der Waals surface area contributed by atoms with Gasteiger partial charge in [-0.25, -0.2) is 17.1 Å². The predicted octanol–water partition coefficient (Wildman–Crippen LogP) is 1.51. The van der Waals surface area contributed by atoms with Gasteiger partial charge < -0.3 is 5.73 Å². The Balaban J connectivity index is 2.50. The lowest BCUT2D eigenvalue weighted by Gasteiger charge is -2.12. The zero-order valence-electron chi connectivity index (χ0n) is 15.0. The molecule has 0 saturated carbocycles. The smallest absolute Gasteiger partial charge is 0.242 e. The van der Waals surface area contributed by atoms with Crippen LogP contribution < -0.4 is 5.73 Å². The number of hydrogen-bond acceptors (Lipinski definition) is 3. The van der Waals surface area contributed by atoms with Gasteiger partial charge in [-0.1, -0.05) is 12.1 Å². The van der Waals surface area contributed by atoms with Crippen molar-refractivity contribution in [1.82, 2.24) is 14.1 Å². The lowest BCUT2D eigenvalue weighted by molar-refractivity contribution is -0.353. The number of aryl methyl sites for hydroxylation is 1. The van der Waals surface area contributed by atoms with Gasteiger partial charge in [0, 0.05) is 31.4 Å². The van der Waals surface area contributed by atoms with Crippen LogP contribution in [0.25, 0.3) is 11.1 Å². The monoisotopic (exact) mass is 367 g/mol. The summed E-state index contributed by atoms with van der Waals surface area (Å²) in [6.07, 6.45) is 1.42. The van der Waals surface area contributed by atoms with Crippen LogP contribution in [0.5, 0.6) is 0 Å². The topological polar surface area (TPSA) is 82.8 Å². The van der Waals surface area contributed by atoms with Gasteiger partial charge >= 0.3 is 0 Å². The summed E-state index contributed by atoms with van der Waals surface area (Å²) in [5.74, 6) is -0.295. The molecule has 0 aliphatic heterocycles. The third kappa shape index (κ3) is 3.97. The minimum absolute atomic E-state index is 0.0396. The molecule has 1 heterocycles. The molecule has 0 saturated heterocycles. The molecule has 2 rings (SSSR count). The average molecular weight is 367 g/mol. The number of hydrogen-bond donors (Lipinski definition) is 1. The van der Waals surface area contributed by atoms with Crippen molar-refractivity contribution in [2.24, 2.45) is 0 Å². The first-order chi connectivity index (χ1) is 11.7. The fraction of sp³-hybridized carbons (Fsp3) is 0.353. The molecule has 2 aromatic rings. The minimum Gasteiger partial charge on any atom is -0.354 e. The molecule has 0 aliphatic rings. The third-order valence-corrected chi connectivity index (χ3v) is 5.76. The second-order valence-corrected chi connectivity index (χ2v) is 8.11. The van der Waals surface area contributed by atoms with Crippen molar-refractivity contribution < 1.29 is 18.5 Å². The molecule has 0 bridgehead atoms. The van der Waals surface area contributed by atoms with Crippen LogP contribution in [-0.2, 0) is 16.6 Å². The molecular formula is C17H24FN4O2S+. The zero-order valence-corrected chi connectivity index (χ0v) is 15.8. The van der Waals surface area contributed by atoms with Crippen molar-refractivity contribution in [3.63, 3.8) is 0 Å². The second kappa shape index (κ2) is 7.47. The molecule has 0 amide bonds. The summed E-state index contributed by atoms with van der Waals surface area (Å²) in [6.45, 7) is 4.09. The normalized spacial score (nSPS) is 12.8. The molecule has 1 aromatic heterocycles. The highest BCUT2D eigenvalue weighted by molar-refractivity contribution is 7.89. The van der Waals surface area contributed by atoms with E-state index in [9.17, 15) is 12.8 Å². The summed E-state index contributed by atoms with van der Waals surface area (Å²) in [6, 6.07) is 6.72. The number of allylic oxidation sites excluding steroid dienone is 1.